The molecule has 0 atom stereocenters. The SMILES string of the molecule is O=C(O)Cn1c(=O)c(NC(=O)c2ccccc2)cc2cccnc21. The quantitative estimate of drug-likeness (QED) is 0.761. The zero-order valence-electron chi connectivity index (χ0n) is 12.5. The lowest BCUT2D eigenvalue weighted by Gasteiger charge is -2.11. The molecule has 2 heterocycles. The Kier molecular flexibility index (Phi) is 4.07. The maximum Gasteiger partial charge on any atom is 0.323 e. The van der Waals surface area contributed by atoms with Gasteiger partial charge in [0.2, 0.25) is 0 Å². The van der Waals surface area contributed by atoms with Crippen LogP contribution in [0.25, 0.3) is 11.0 Å². The summed E-state index contributed by atoms with van der Waals surface area (Å²) in [7, 11) is 0. The largest absolute Gasteiger partial charge is 0.480 e. The van der Waals surface area contributed by atoms with Crippen LogP contribution in [-0.2, 0) is 11.3 Å². The van der Waals surface area contributed by atoms with E-state index in [-0.39, 0.29) is 11.3 Å². The molecule has 2 N–H and O–H groups in total. The highest BCUT2D eigenvalue weighted by Gasteiger charge is 2.15. The molecule has 0 unspecified atom stereocenters. The first-order valence-corrected chi connectivity index (χ1v) is 7.13. The maximum absolute atomic E-state index is 12.5. The number of anilines is 1. The number of nitrogens with zero attached hydrogens (tertiary/aromatic N) is 2. The first-order valence-electron chi connectivity index (χ1n) is 7.13. The van der Waals surface area contributed by atoms with Gasteiger partial charge in [0, 0.05) is 17.1 Å². The van der Waals surface area contributed by atoms with Crippen LogP contribution < -0.4 is 10.9 Å². The fraction of sp³-hybridized carbons (Fsp3) is 0.0588. The number of pyridine rings is 2. The van der Waals surface area contributed by atoms with Gasteiger partial charge in [-0.1, -0.05) is 18.2 Å². The fourth-order valence-electron chi connectivity index (χ4n) is 2.36. The number of fused-ring (bicyclic) bond motifs is 1. The molecule has 120 valence electrons. The molecule has 3 aromatic rings. The van der Waals surface area contributed by atoms with E-state index < -0.39 is 24.0 Å². The van der Waals surface area contributed by atoms with E-state index >= 15 is 0 Å². The highest BCUT2D eigenvalue weighted by Crippen LogP contribution is 2.14. The number of hydrogen-bond donors (Lipinski definition) is 2. The summed E-state index contributed by atoms with van der Waals surface area (Å²) in [5.41, 5.74) is 0.0362. The zero-order chi connectivity index (χ0) is 17.1. The minimum atomic E-state index is -1.17. The highest BCUT2D eigenvalue weighted by molar-refractivity contribution is 6.04. The molecule has 7 heteroatoms. The molecular formula is C17H13N3O4. The van der Waals surface area contributed by atoms with Gasteiger partial charge in [-0.15, -0.1) is 0 Å². The van der Waals surface area contributed by atoms with E-state index in [4.69, 9.17) is 5.11 Å². The molecule has 0 spiro atoms. The lowest BCUT2D eigenvalue weighted by Crippen LogP contribution is -2.29. The minimum Gasteiger partial charge on any atom is -0.480 e. The number of aromatic nitrogens is 2. The third kappa shape index (κ3) is 3.00. The molecule has 0 saturated heterocycles. The average molecular weight is 323 g/mol. The van der Waals surface area contributed by atoms with Gasteiger partial charge in [-0.25, -0.2) is 4.98 Å². The second-order valence-corrected chi connectivity index (χ2v) is 5.08. The molecule has 0 radical (unpaired) electrons. The van der Waals surface area contributed by atoms with Gasteiger partial charge in [0.05, 0.1) is 0 Å². The standard InChI is InChI=1S/C17H13N3O4/c21-14(22)10-20-15-12(7-4-8-18-15)9-13(17(20)24)19-16(23)11-5-2-1-3-6-11/h1-9H,10H2,(H,19,23)(H,21,22). The molecular weight excluding hydrogens is 310 g/mol. The topological polar surface area (TPSA) is 101 Å². The molecule has 2 aromatic heterocycles. The Morgan fingerprint density at radius 2 is 1.88 bits per heavy atom. The van der Waals surface area contributed by atoms with Crippen molar-refractivity contribution < 1.29 is 14.7 Å². The Bertz CT molecular complexity index is 980. The van der Waals surface area contributed by atoms with Crippen LogP contribution in [-0.4, -0.2) is 26.5 Å². The number of hydrogen-bond acceptors (Lipinski definition) is 4. The van der Waals surface area contributed by atoms with Crippen molar-refractivity contribution in [2.75, 3.05) is 5.32 Å². The molecule has 0 aliphatic heterocycles. The van der Waals surface area contributed by atoms with Crippen molar-refractivity contribution >= 4 is 28.6 Å². The van der Waals surface area contributed by atoms with Crippen molar-refractivity contribution in [3.05, 3.63) is 70.6 Å². The average Bonchev–Trinajstić information content (AvgIpc) is 2.59. The molecule has 3 rings (SSSR count). The van der Waals surface area contributed by atoms with E-state index in [0.717, 1.165) is 4.57 Å². The Morgan fingerprint density at radius 3 is 2.58 bits per heavy atom. The van der Waals surface area contributed by atoms with Crippen LogP contribution in [0.1, 0.15) is 10.4 Å². The van der Waals surface area contributed by atoms with Gasteiger partial charge in [0.15, 0.2) is 0 Å². The second-order valence-electron chi connectivity index (χ2n) is 5.08. The Balaban J connectivity index is 2.08. The van der Waals surface area contributed by atoms with Crippen LogP contribution >= 0.6 is 0 Å². The number of aliphatic carboxylic acids is 1. The van der Waals surface area contributed by atoms with Gasteiger partial charge in [0.25, 0.3) is 11.5 Å². The van der Waals surface area contributed by atoms with E-state index in [9.17, 15) is 14.4 Å². The summed E-state index contributed by atoms with van der Waals surface area (Å²) in [5.74, 6) is -1.62. The van der Waals surface area contributed by atoms with Crippen molar-refractivity contribution in [1.29, 1.82) is 0 Å². The molecule has 7 nitrogen and oxygen atoms in total. The molecule has 0 saturated carbocycles. The van der Waals surface area contributed by atoms with E-state index in [1.165, 1.54) is 12.3 Å². The Labute approximate surface area is 136 Å². The van der Waals surface area contributed by atoms with Crippen molar-refractivity contribution in [3.8, 4) is 0 Å². The van der Waals surface area contributed by atoms with Crippen LogP contribution in [0, 0.1) is 0 Å². The minimum absolute atomic E-state index is 0.00519. The van der Waals surface area contributed by atoms with Gasteiger partial charge in [0.1, 0.15) is 17.9 Å². The third-order valence-corrected chi connectivity index (χ3v) is 3.43. The number of carboxylic acid groups (broad SMARTS) is 1. The van der Waals surface area contributed by atoms with Crippen LogP contribution in [0.5, 0.6) is 0 Å². The third-order valence-electron chi connectivity index (χ3n) is 3.43. The summed E-state index contributed by atoms with van der Waals surface area (Å²) in [5, 5.41) is 12.1. The van der Waals surface area contributed by atoms with E-state index in [1.807, 2.05) is 0 Å². The zero-order valence-corrected chi connectivity index (χ0v) is 12.5. The predicted octanol–water partition coefficient (Wildman–Crippen LogP) is 1.73. The molecule has 0 bridgehead atoms. The molecule has 0 fully saturated rings. The predicted molar refractivity (Wildman–Crippen MR) is 88.0 cm³/mol. The first-order chi connectivity index (χ1) is 11.6. The molecule has 24 heavy (non-hydrogen) atoms. The lowest BCUT2D eigenvalue weighted by molar-refractivity contribution is -0.137. The number of rotatable bonds is 4. The van der Waals surface area contributed by atoms with Crippen LogP contribution in [0.3, 0.4) is 0 Å². The van der Waals surface area contributed by atoms with E-state index in [1.54, 1.807) is 42.5 Å². The molecule has 0 aliphatic rings. The Hall–Kier alpha value is -3.48. The van der Waals surface area contributed by atoms with E-state index in [2.05, 4.69) is 10.3 Å². The van der Waals surface area contributed by atoms with Crippen LogP contribution in [0.15, 0.2) is 59.5 Å². The molecule has 1 aromatic carbocycles. The number of carboxylic acids is 1. The number of amides is 1. The van der Waals surface area contributed by atoms with Gasteiger partial charge < -0.3 is 10.4 Å². The van der Waals surface area contributed by atoms with Gasteiger partial charge in [-0.05, 0) is 30.3 Å². The van der Waals surface area contributed by atoms with Crippen molar-refractivity contribution in [2.24, 2.45) is 0 Å². The van der Waals surface area contributed by atoms with Gasteiger partial charge in [-0.2, -0.15) is 0 Å². The summed E-state index contributed by atoms with van der Waals surface area (Å²) in [6.45, 7) is -0.540. The number of carbonyl (C=O) groups is 2. The first kappa shape index (κ1) is 15.4. The van der Waals surface area contributed by atoms with Crippen molar-refractivity contribution in [2.45, 2.75) is 6.54 Å². The van der Waals surface area contributed by atoms with Crippen LogP contribution in [0.2, 0.25) is 0 Å². The van der Waals surface area contributed by atoms with Gasteiger partial charge in [-0.3, -0.25) is 19.0 Å². The number of carbonyl (C=O) groups excluding carboxylic acids is 1. The highest BCUT2D eigenvalue weighted by atomic mass is 16.4. The molecule has 1 amide bonds. The number of benzene rings is 1. The van der Waals surface area contributed by atoms with Gasteiger partial charge >= 0.3 is 5.97 Å². The summed E-state index contributed by atoms with van der Waals surface area (Å²) < 4.78 is 1.03. The monoisotopic (exact) mass is 323 g/mol. The lowest BCUT2D eigenvalue weighted by atomic mass is 10.2. The van der Waals surface area contributed by atoms with Crippen molar-refractivity contribution in [1.82, 2.24) is 9.55 Å². The normalized spacial score (nSPS) is 10.5. The summed E-state index contributed by atoms with van der Waals surface area (Å²) in [6.07, 6.45) is 1.47. The molecule has 0 aliphatic carbocycles. The number of nitrogens with one attached hydrogen (secondary N) is 1. The summed E-state index contributed by atoms with van der Waals surface area (Å²) in [6, 6.07) is 13.3. The fourth-order valence-corrected chi connectivity index (χ4v) is 2.36. The smallest absolute Gasteiger partial charge is 0.323 e. The van der Waals surface area contributed by atoms with Crippen LogP contribution in [0.4, 0.5) is 5.69 Å². The summed E-state index contributed by atoms with van der Waals surface area (Å²) in [4.78, 5) is 39.9. The van der Waals surface area contributed by atoms with E-state index in [0.29, 0.717) is 10.9 Å². The van der Waals surface area contributed by atoms with Crippen molar-refractivity contribution in [3.63, 3.8) is 0 Å². The Morgan fingerprint density at radius 1 is 1.12 bits per heavy atom. The maximum atomic E-state index is 12.5. The summed E-state index contributed by atoms with van der Waals surface area (Å²) >= 11 is 0. The second kappa shape index (κ2) is 6.33.